The summed E-state index contributed by atoms with van der Waals surface area (Å²) < 4.78 is 5.61. The van der Waals surface area contributed by atoms with Crippen LogP contribution in [0.15, 0.2) is 24.3 Å². The highest BCUT2D eigenvalue weighted by Gasteiger charge is 2.09. The van der Waals surface area contributed by atoms with Gasteiger partial charge in [0.05, 0.1) is 6.61 Å². The lowest BCUT2D eigenvalue weighted by Gasteiger charge is -2.17. The Bertz CT molecular complexity index is 281. The standard InChI is InChI=1S/C12H18O2/c1-9(2)11-6-4-5-7-12(11)14-10(3)8-13/h4-7,9-10,13H,8H2,1-3H3. The molecular weight excluding hydrogens is 176 g/mol. The summed E-state index contributed by atoms with van der Waals surface area (Å²) in [7, 11) is 0. The molecule has 0 aliphatic heterocycles. The summed E-state index contributed by atoms with van der Waals surface area (Å²) in [6.45, 7) is 6.17. The largest absolute Gasteiger partial charge is 0.488 e. The molecular formula is C12H18O2. The minimum absolute atomic E-state index is 0.0480. The number of benzene rings is 1. The van der Waals surface area contributed by atoms with Crippen molar-refractivity contribution in [2.45, 2.75) is 32.8 Å². The average molecular weight is 194 g/mol. The molecule has 1 unspecified atom stereocenters. The molecule has 0 aliphatic rings. The Kier molecular flexibility index (Phi) is 3.96. The fourth-order valence-electron chi connectivity index (χ4n) is 1.32. The quantitative estimate of drug-likeness (QED) is 0.798. The molecule has 0 bridgehead atoms. The van der Waals surface area contributed by atoms with E-state index in [1.807, 2.05) is 25.1 Å². The maximum absolute atomic E-state index is 8.90. The summed E-state index contributed by atoms with van der Waals surface area (Å²) in [4.78, 5) is 0. The maximum atomic E-state index is 8.90. The Morgan fingerprint density at radius 2 is 1.86 bits per heavy atom. The molecule has 1 rings (SSSR count). The summed E-state index contributed by atoms with van der Waals surface area (Å²) in [5.41, 5.74) is 1.19. The molecule has 0 amide bonds. The van der Waals surface area contributed by atoms with Crippen LogP contribution < -0.4 is 4.74 Å². The Morgan fingerprint density at radius 3 is 2.43 bits per heavy atom. The van der Waals surface area contributed by atoms with E-state index in [2.05, 4.69) is 19.9 Å². The smallest absolute Gasteiger partial charge is 0.123 e. The molecule has 1 atom stereocenters. The van der Waals surface area contributed by atoms with Gasteiger partial charge in [0.15, 0.2) is 0 Å². The zero-order chi connectivity index (χ0) is 10.6. The van der Waals surface area contributed by atoms with Crippen molar-refractivity contribution in [3.8, 4) is 5.75 Å². The molecule has 0 saturated carbocycles. The lowest BCUT2D eigenvalue weighted by molar-refractivity contribution is 0.128. The van der Waals surface area contributed by atoms with E-state index in [-0.39, 0.29) is 12.7 Å². The summed E-state index contributed by atoms with van der Waals surface area (Å²) in [6, 6.07) is 7.96. The number of rotatable bonds is 4. The van der Waals surface area contributed by atoms with Crippen molar-refractivity contribution in [1.82, 2.24) is 0 Å². The van der Waals surface area contributed by atoms with Gasteiger partial charge in [0, 0.05) is 0 Å². The zero-order valence-electron chi connectivity index (χ0n) is 9.03. The number of aliphatic hydroxyl groups excluding tert-OH is 1. The molecule has 2 heteroatoms. The Labute approximate surface area is 85.5 Å². The minimum Gasteiger partial charge on any atom is -0.488 e. The third kappa shape index (κ3) is 2.74. The Morgan fingerprint density at radius 1 is 1.21 bits per heavy atom. The monoisotopic (exact) mass is 194 g/mol. The van der Waals surface area contributed by atoms with Crippen LogP contribution in [0.2, 0.25) is 0 Å². The molecule has 0 heterocycles. The van der Waals surface area contributed by atoms with Crippen molar-refractivity contribution >= 4 is 0 Å². The van der Waals surface area contributed by atoms with E-state index in [4.69, 9.17) is 9.84 Å². The SMILES string of the molecule is CC(CO)Oc1ccccc1C(C)C. The van der Waals surface area contributed by atoms with Crippen LogP contribution in [0.3, 0.4) is 0 Å². The lowest BCUT2D eigenvalue weighted by atomic mass is 10.0. The van der Waals surface area contributed by atoms with Crippen molar-refractivity contribution in [3.05, 3.63) is 29.8 Å². The maximum Gasteiger partial charge on any atom is 0.123 e. The summed E-state index contributed by atoms with van der Waals surface area (Å²) in [5.74, 6) is 1.32. The van der Waals surface area contributed by atoms with E-state index in [9.17, 15) is 0 Å². The molecule has 2 nitrogen and oxygen atoms in total. The van der Waals surface area contributed by atoms with Gasteiger partial charge < -0.3 is 9.84 Å². The first-order valence-corrected chi connectivity index (χ1v) is 5.01. The van der Waals surface area contributed by atoms with Crippen LogP contribution in [-0.2, 0) is 0 Å². The van der Waals surface area contributed by atoms with Gasteiger partial charge in [-0.3, -0.25) is 0 Å². The van der Waals surface area contributed by atoms with E-state index in [0.29, 0.717) is 5.92 Å². The average Bonchev–Trinajstić information content (AvgIpc) is 2.18. The second-order valence-electron chi connectivity index (χ2n) is 3.80. The van der Waals surface area contributed by atoms with Crippen LogP contribution in [0, 0.1) is 0 Å². The molecule has 1 aromatic rings. The van der Waals surface area contributed by atoms with Crippen molar-refractivity contribution < 1.29 is 9.84 Å². The van der Waals surface area contributed by atoms with Crippen molar-refractivity contribution in [3.63, 3.8) is 0 Å². The number of hydrogen-bond donors (Lipinski definition) is 1. The van der Waals surface area contributed by atoms with Crippen molar-refractivity contribution in [2.24, 2.45) is 0 Å². The highest BCUT2D eigenvalue weighted by Crippen LogP contribution is 2.26. The lowest BCUT2D eigenvalue weighted by Crippen LogP contribution is -2.17. The van der Waals surface area contributed by atoms with E-state index < -0.39 is 0 Å². The second-order valence-corrected chi connectivity index (χ2v) is 3.80. The summed E-state index contributed by atoms with van der Waals surface area (Å²) in [5, 5.41) is 8.90. The van der Waals surface area contributed by atoms with Crippen molar-refractivity contribution in [1.29, 1.82) is 0 Å². The topological polar surface area (TPSA) is 29.5 Å². The van der Waals surface area contributed by atoms with E-state index in [1.165, 1.54) is 5.56 Å². The van der Waals surface area contributed by atoms with Crippen molar-refractivity contribution in [2.75, 3.05) is 6.61 Å². The molecule has 0 aromatic heterocycles. The highest BCUT2D eigenvalue weighted by molar-refractivity contribution is 5.35. The van der Waals surface area contributed by atoms with Gasteiger partial charge in [-0.2, -0.15) is 0 Å². The van der Waals surface area contributed by atoms with Gasteiger partial charge in [0.1, 0.15) is 11.9 Å². The predicted molar refractivity (Wildman–Crippen MR) is 57.7 cm³/mol. The molecule has 14 heavy (non-hydrogen) atoms. The van der Waals surface area contributed by atoms with Gasteiger partial charge in [-0.1, -0.05) is 32.0 Å². The third-order valence-electron chi connectivity index (χ3n) is 2.13. The summed E-state index contributed by atoms with van der Waals surface area (Å²) >= 11 is 0. The predicted octanol–water partition coefficient (Wildman–Crippen LogP) is 2.57. The third-order valence-corrected chi connectivity index (χ3v) is 2.13. The normalized spacial score (nSPS) is 12.9. The fraction of sp³-hybridized carbons (Fsp3) is 0.500. The van der Waals surface area contributed by atoms with Crippen LogP contribution in [0.1, 0.15) is 32.3 Å². The number of para-hydroxylation sites is 1. The molecule has 0 fully saturated rings. The van der Waals surface area contributed by atoms with E-state index in [1.54, 1.807) is 0 Å². The van der Waals surface area contributed by atoms with Crippen LogP contribution in [-0.4, -0.2) is 17.8 Å². The van der Waals surface area contributed by atoms with Crippen LogP contribution >= 0.6 is 0 Å². The number of hydrogen-bond acceptors (Lipinski definition) is 2. The van der Waals surface area contributed by atoms with Gasteiger partial charge in [-0.15, -0.1) is 0 Å². The Hall–Kier alpha value is -1.02. The van der Waals surface area contributed by atoms with Crippen LogP contribution in [0.4, 0.5) is 0 Å². The molecule has 78 valence electrons. The second kappa shape index (κ2) is 5.01. The molecule has 0 radical (unpaired) electrons. The first kappa shape index (κ1) is 11.1. The minimum atomic E-state index is -0.144. The fourth-order valence-corrected chi connectivity index (χ4v) is 1.32. The van der Waals surface area contributed by atoms with E-state index in [0.717, 1.165) is 5.75 Å². The number of aliphatic hydroxyl groups is 1. The van der Waals surface area contributed by atoms with Gasteiger partial charge in [-0.25, -0.2) is 0 Å². The molecule has 0 aliphatic carbocycles. The van der Waals surface area contributed by atoms with Gasteiger partial charge in [-0.05, 0) is 24.5 Å². The highest BCUT2D eigenvalue weighted by atomic mass is 16.5. The molecule has 1 aromatic carbocycles. The summed E-state index contributed by atoms with van der Waals surface area (Å²) in [6.07, 6.45) is -0.144. The van der Waals surface area contributed by atoms with Gasteiger partial charge >= 0.3 is 0 Å². The van der Waals surface area contributed by atoms with Crippen LogP contribution in [0.25, 0.3) is 0 Å². The number of ether oxygens (including phenoxy) is 1. The molecule has 0 spiro atoms. The van der Waals surface area contributed by atoms with Gasteiger partial charge in [0.2, 0.25) is 0 Å². The van der Waals surface area contributed by atoms with Gasteiger partial charge in [0.25, 0.3) is 0 Å². The Balaban J connectivity index is 2.84. The van der Waals surface area contributed by atoms with E-state index >= 15 is 0 Å². The first-order chi connectivity index (χ1) is 6.65. The molecule has 1 N–H and O–H groups in total. The zero-order valence-corrected chi connectivity index (χ0v) is 9.03. The van der Waals surface area contributed by atoms with Crippen LogP contribution in [0.5, 0.6) is 5.75 Å². The molecule has 0 saturated heterocycles. The first-order valence-electron chi connectivity index (χ1n) is 5.01.